The average molecular weight is 282 g/mol. The quantitative estimate of drug-likeness (QED) is 0.857. The van der Waals surface area contributed by atoms with Crippen molar-refractivity contribution in [3.63, 3.8) is 0 Å². The minimum Gasteiger partial charge on any atom is -0.369 e. The Morgan fingerprint density at radius 1 is 1.40 bits per heavy atom. The van der Waals surface area contributed by atoms with Crippen molar-refractivity contribution in [1.82, 2.24) is 15.0 Å². The van der Waals surface area contributed by atoms with Gasteiger partial charge in [-0.05, 0) is 39.3 Å². The Morgan fingerprint density at radius 3 is 2.70 bits per heavy atom. The second-order valence-electron chi connectivity index (χ2n) is 5.71. The summed E-state index contributed by atoms with van der Waals surface area (Å²) >= 11 is 0. The van der Waals surface area contributed by atoms with Crippen molar-refractivity contribution < 1.29 is 9.26 Å². The molecule has 0 aliphatic carbocycles. The van der Waals surface area contributed by atoms with E-state index in [0.717, 1.165) is 26.1 Å². The van der Waals surface area contributed by atoms with Gasteiger partial charge in [0.25, 0.3) is 5.89 Å². The van der Waals surface area contributed by atoms with Crippen LogP contribution in [-0.2, 0) is 10.3 Å². The minimum atomic E-state index is -0.532. The molecule has 0 spiro atoms. The Hall–Kier alpha value is -0.980. The molecule has 2 heterocycles. The summed E-state index contributed by atoms with van der Waals surface area (Å²) < 4.78 is 10.8. The van der Waals surface area contributed by atoms with Crippen LogP contribution in [0.1, 0.15) is 57.3 Å². The molecule has 2 unspecified atom stereocenters. The zero-order chi connectivity index (χ0) is 14.6. The molecular weight excluding hydrogens is 256 g/mol. The monoisotopic (exact) mass is 282 g/mol. The lowest BCUT2D eigenvalue weighted by molar-refractivity contribution is -0.0272. The highest BCUT2D eigenvalue weighted by atomic mass is 16.5. The van der Waals surface area contributed by atoms with Crippen LogP contribution in [0.5, 0.6) is 0 Å². The molecule has 1 aromatic heterocycles. The van der Waals surface area contributed by atoms with E-state index in [4.69, 9.17) is 15.0 Å². The molecule has 1 fully saturated rings. The van der Waals surface area contributed by atoms with Gasteiger partial charge in [-0.1, -0.05) is 18.5 Å². The largest absolute Gasteiger partial charge is 0.369 e. The van der Waals surface area contributed by atoms with Crippen molar-refractivity contribution in [2.24, 2.45) is 5.73 Å². The molecule has 0 bridgehead atoms. The summed E-state index contributed by atoms with van der Waals surface area (Å²) in [6, 6.07) is -0.205. The van der Waals surface area contributed by atoms with Crippen LogP contribution < -0.4 is 5.73 Å². The van der Waals surface area contributed by atoms with Crippen LogP contribution in [0.25, 0.3) is 0 Å². The van der Waals surface area contributed by atoms with E-state index in [1.165, 1.54) is 19.3 Å². The standard InChI is InChI=1S/C14H26N4O2/c1-4-14(2,19-3)13-16-12(17-20-13)11(15)10-18-8-6-5-7-9-18/h11H,4-10,15H2,1-3H3. The number of aromatic nitrogens is 2. The summed E-state index contributed by atoms with van der Waals surface area (Å²) in [6.45, 7) is 6.99. The maximum Gasteiger partial charge on any atom is 0.258 e. The first-order chi connectivity index (χ1) is 9.59. The van der Waals surface area contributed by atoms with Crippen molar-refractivity contribution in [3.8, 4) is 0 Å². The predicted molar refractivity (Wildman–Crippen MR) is 76.2 cm³/mol. The molecule has 0 amide bonds. The molecule has 2 rings (SSSR count). The molecule has 114 valence electrons. The number of nitrogens with two attached hydrogens (primary N) is 1. The van der Waals surface area contributed by atoms with Crippen LogP contribution >= 0.6 is 0 Å². The minimum absolute atomic E-state index is 0.205. The summed E-state index contributed by atoms with van der Waals surface area (Å²) in [6.07, 6.45) is 4.59. The van der Waals surface area contributed by atoms with E-state index < -0.39 is 5.60 Å². The summed E-state index contributed by atoms with van der Waals surface area (Å²) in [5.41, 5.74) is 5.67. The molecule has 2 N–H and O–H groups in total. The lowest BCUT2D eigenvalue weighted by atomic mass is 10.0. The fourth-order valence-electron chi connectivity index (χ4n) is 2.48. The first-order valence-electron chi connectivity index (χ1n) is 7.46. The van der Waals surface area contributed by atoms with Crippen molar-refractivity contribution in [2.75, 3.05) is 26.7 Å². The van der Waals surface area contributed by atoms with Gasteiger partial charge >= 0.3 is 0 Å². The van der Waals surface area contributed by atoms with Crippen LogP contribution in [0.3, 0.4) is 0 Å². The van der Waals surface area contributed by atoms with E-state index in [-0.39, 0.29) is 6.04 Å². The van der Waals surface area contributed by atoms with Crippen LogP contribution in [0, 0.1) is 0 Å². The van der Waals surface area contributed by atoms with Crippen molar-refractivity contribution >= 4 is 0 Å². The maximum atomic E-state index is 6.20. The van der Waals surface area contributed by atoms with Crippen LogP contribution in [0.15, 0.2) is 4.52 Å². The molecule has 1 aliphatic heterocycles. The molecule has 1 aliphatic rings. The van der Waals surface area contributed by atoms with Gasteiger partial charge in [-0.3, -0.25) is 0 Å². The van der Waals surface area contributed by atoms with E-state index in [1.54, 1.807) is 7.11 Å². The van der Waals surface area contributed by atoms with Crippen molar-refractivity contribution in [3.05, 3.63) is 11.7 Å². The van der Waals surface area contributed by atoms with E-state index >= 15 is 0 Å². The number of piperidine rings is 1. The Labute approximate surface area is 120 Å². The number of likely N-dealkylation sites (tertiary alicyclic amines) is 1. The first kappa shape index (κ1) is 15.4. The molecule has 20 heavy (non-hydrogen) atoms. The smallest absolute Gasteiger partial charge is 0.258 e. The van der Waals surface area contributed by atoms with E-state index in [0.29, 0.717) is 11.7 Å². The molecule has 6 heteroatoms. The maximum absolute atomic E-state index is 6.20. The Kier molecular flexibility index (Phi) is 5.12. The van der Waals surface area contributed by atoms with Crippen molar-refractivity contribution in [2.45, 2.75) is 51.2 Å². The normalized spacial score (nSPS) is 21.6. The molecule has 0 radical (unpaired) electrons. The Bertz CT molecular complexity index is 411. The van der Waals surface area contributed by atoms with E-state index in [1.807, 2.05) is 13.8 Å². The highest BCUT2D eigenvalue weighted by molar-refractivity contribution is 5.01. The second-order valence-corrected chi connectivity index (χ2v) is 5.71. The van der Waals surface area contributed by atoms with Gasteiger partial charge in [0.2, 0.25) is 0 Å². The van der Waals surface area contributed by atoms with Crippen LogP contribution in [0.2, 0.25) is 0 Å². The van der Waals surface area contributed by atoms with Crippen LogP contribution in [-0.4, -0.2) is 41.8 Å². The van der Waals surface area contributed by atoms with E-state index in [9.17, 15) is 0 Å². The Balaban J connectivity index is 2.00. The molecule has 1 aromatic rings. The number of ether oxygens (including phenoxy) is 1. The fourth-order valence-corrected chi connectivity index (χ4v) is 2.48. The van der Waals surface area contributed by atoms with Gasteiger partial charge in [0.15, 0.2) is 5.82 Å². The lowest BCUT2D eigenvalue weighted by Gasteiger charge is -2.27. The van der Waals surface area contributed by atoms with Gasteiger partial charge in [0, 0.05) is 13.7 Å². The van der Waals surface area contributed by atoms with Gasteiger partial charge in [-0.15, -0.1) is 0 Å². The topological polar surface area (TPSA) is 77.4 Å². The summed E-state index contributed by atoms with van der Waals surface area (Å²) in [4.78, 5) is 6.81. The highest BCUT2D eigenvalue weighted by Crippen LogP contribution is 2.27. The molecule has 0 aromatic carbocycles. The summed E-state index contributed by atoms with van der Waals surface area (Å²) in [7, 11) is 1.65. The molecular formula is C14H26N4O2. The number of hydrogen-bond donors (Lipinski definition) is 1. The van der Waals surface area contributed by atoms with Gasteiger partial charge in [0.1, 0.15) is 5.60 Å². The van der Waals surface area contributed by atoms with Crippen molar-refractivity contribution in [1.29, 1.82) is 0 Å². The molecule has 2 atom stereocenters. The number of hydrogen-bond acceptors (Lipinski definition) is 6. The van der Waals surface area contributed by atoms with Gasteiger partial charge in [-0.2, -0.15) is 4.98 Å². The zero-order valence-corrected chi connectivity index (χ0v) is 12.8. The molecule has 1 saturated heterocycles. The number of rotatable bonds is 6. The average Bonchev–Trinajstić information content (AvgIpc) is 2.98. The van der Waals surface area contributed by atoms with Crippen LogP contribution in [0.4, 0.5) is 0 Å². The van der Waals surface area contributed by atoms with Gasteiger partial charge in [0.05, 0.1) is 6.04 Å². The lowest BCUT2D eigenvalue weighted by Crippen LogP contribution is -2.36. The summed E-state index contributed by atoms with van der Waals surface area (Å²) in [5.74, 6) is 1.08. The van der Waals surface area contributed by atoms with Gasteiger partial charge in [-0.25, -0.2) is 0 Å². The van der Waals surface area contributed by atoms with E-state index in [2.05, 4.69) is 15.0 Å². The number of methoxy groups -OCH3 is 1. The third-order valence-electron chi connectivity index (χ3n) is 4.25. The second kappa shape index (κ2) is 6.65. The summed E-state index contributed by atoms with van der Waals surface area (Å²) in [5, 5.41) is 4.03. The predicted octanol–water partition coefficient (Wildman–Crippen LogP) is 1.83. The molecule has 0 saturated carbocycles. The third-order valence-corrected chi connectivity index (χ3v) is 4.25. The van der Waals surface area contributed by atoms with Gasteiger partial charge < -0.3 is 19.9 Å². The fraction of sp³-hybridized carbons (Fsp3) is 0.857. The first-order valence-corrected chi connectivity index (χ1v) is 7.46. The Morgan fingerprint density at radius 2 is 2.10 bits per heavy atom. The zero-order valence-electron chi connectivity index (χ0n) is 12.8. The SMILES string of the molecule is CCC(C)(OC)c1nc(C(N)CN2CCCCC2)no1. The highest BCUT2D eigenvalue weighted by Gasteiger charge is 2.32. The third kappa shape index (κ3) is 3.37. The molecule has 6 nitrogen and oxygen atoms in total. The number of nitrogens with zero attached hydrogens (tertiary/aromatic N) is 3.